The number of hydrogen-bond donors (Lipinski definition) is 2. The van der Waals surface area contributed by atoms with Crippen molar-refractivity contribution in [2.24, 2.45) is 0 Å². The Balaban J connectivity index is 1.52. The predicted molar refractivity (Wildman–Crippen MR) is 120 cm³/mol. The first-order valence-electron chi connectivity index (χ1n) is 10.2. The number of carbonyl (C=O) groups excluding carboxylic acids is 1. The van der Waals surface area contributed by atoms with Gasteiger partial charge < -0.3 is 5.32 Å². The minimum Gasteiger partial charge on any atom is -0.352 e. The fourth-order valence-corrected chi connectivity index (χ4v) is 3.26. The highest BCUT2D eigenvalue weighted by Gasteiger charge is 2.10. The second-order valence-electron chi connectivity index (χ2n) is 7.27. The van der Waals surface area contributed by atoms with Gasteiger partial charge in [0, 0.05) is 36.3 Å². The zero-order valence-corrected chi connectivity index (χ0v) is 17.3. The molecule has 0 atom stereocenters. The molecule has 0 aliphatic rings. The first-order valence-corrected chi connectivity index (χ1v) is 10.2. The van der Waals surface area contributed by atoms with Crippen molar-refractivity contribution in [3.8, 4) is 17.5 Å². The molecule has 1 amide bonds. The van der Waals surface area contributed by atoms with E-state index in [1.54, 1.807) is 23.1 Å². The first kappa shape index (κ1) is 20.2. The highest BCUT2D eigenvalue weighted by atomic mass is 16.1. The normalized spacial score (nSPS) is 10.4. The van der Waals surface area contributed by atoms with Gasteiger partial charge in [0.05, 0.1) is 17.4 Å². The second kappa shape index (κ2) is 9.59. The molecule has 4 rings (SSSR count). The third kappa shape index (κ3) is 5.28. The second-order valence-corrected chi connectivity index (χ2v) is 7.27. The van der Waals surface area contributed by atoms with Gasteiger partial charge in [-0.05, 0) is 67.3 Å². The van der Waals surface area contributed by atoms with Crippen LogP contribution in [0.2, 0.25) is 0 Å². The largest absolute Gasteiger partial charge is 0.352 e. The number of aromatic nitrogens is 4. The fraction of sp³-hybridized carbons (Fsp3) is 0.160. The molecule has 6 heteroatoms. The molecule has 6 nitrogen and oxygen atoms in total. The molecule has 2 aromatic carbocycles. The third-order valence-electron chi connectivity index (χ3n) is 4.85. The number of benzene rings is 2. The SMILES string of the molecule is Cc1cccc(C#Cc2cc(C(=O)NCCCc3cn[nH]c3)ccc2-n2cccn2)c1. The number of hydrogen-bond acceptors (Lipinski definition) is 3. The van der Waals surface area contributed by atoms with Crippen LogP contribution in [0.15, 0.2) is 73.3 Å². The van der Waals surface area contributed by atoms with Crippen molar-refractivity contribution < 1.29 is 4.79 Å². The summed E-state index contributed by atoms with van der Waals surface area (Å²) in [6, 6.07) is 15.4. The van der Waals surface area contributed by atoms with Crippen LogP contribution in [0.25, 0.3) is 5.69 Å². The van der Waals surface area contributed by atoms with E-state index in [-0.39, 0.29) is 5.91 Å². The molecule has 2 aromatic heterocycles. The maximum atomic E-state index is 12.7. The van der Waals surface area contributed by atoms with E-state index in [0.717, 1.165) is 40.8 Å². The molecular formula is C25H23N5O. The van der Waals surface area contributed by atoms with E-state index >= 15 is 0 Å². The van der Waals surface area contributed by atoms with Gasteiger partial charge in [0.15, 0.2) is 0 Å². The van der Waals surface area contributed by atoms with E-state index in [9.17, 15) is 4.79 Å². The van der Waals surface area contributed by atoms with Crippen LogP contribution >= 0.6 is 0 Å². The van der Waals surface area contributed by atoms with Crippen LogP contribution in [-0.2, 0) is 6.42 Å². The zero-order chi connectivity index (χ0) is 21.5. The lowest BCUT2D eigenvalue weighted by atomic mass is 10.1. The maximum Gasteiger partial charge on any atom is 0.251 e. The fourth-order valence-electron chi connectivity index (χ4n) is 3.26. The summed E-state index contributed by atoms with van der Waals surface area (Å²) in [4.78, 5) is 12.7. The number of H-pyrrole nitrogens is 1. The van der Waals surface area contributed by atoms with Crippen LogP contribution in [0.5, 0.6) is 0 Å². The smallest absolute Gasteiger partial charge is 0.251 e. The topological polar surface area (TPSA) is 75.6 Å². The molecule has 2 N–H and O–H groups in total. The summed E-state index contributed by atoms with van der Waals surface area (Å²) in [6.07, 6.45) is 8.96. The van der Waals surface area contributed by atoms with E-state index in [0.29, 0.717) is 12.1 Å². The van der Waals surface area contributed by atoms with E-state index < -0.39 is 0 Å². The van der Waals surface area contributed by atoms with Crippen molar-refractivity contribution in [3.63, 3.8) is 0 Å². The Kier molecular flexibility index (Phi) is 6.24. The number of aryl methyl sites for hydroxylation is 2. The molecule has 4 aromatic rings. The molecule has 2 heterocycles. The van der Waals surface area contributed by atoms with Gasteiger partial charge in [0.1, 0.15) is 0 Å². The molecule has 0 fully saturated rings. The average Bonchev–Trinajstić information content (AvgIpc) is 3.49. The lowest BCUT2D eigenvalue weighted by molar-refractivity contribution is 0.0953. The van der Waals surface area contributed by atoms with E-state index in [1.807, 2.05) is 61.8 Å². The highest BCUT2D eigenvalue weighted by molar-refractivity contribution is 5.95. The van der Waals surface area contributed by atoms with Crippen LogP contribution in [-0.4, -0.2) is 32.4 Å². The number of carbonyl (C=O) groups is 1. The summed E-state index contributed by atoms with van der Waals surface area (Å²) >= 11 is 0. The van der Waals surface area contributed by atoms with Crippen molar-refractivity contribution >= 4 is 5.91 Å². The maximum absolute atomic E-state index is 12.7. The zero-order valence-electron chi connectivity index (χ0n) is 17.3. The summed E-state index contributed by atoms with van der Waals surface area (Å²) in [6.45, 7) is 2.63. The van der Waals surface area contributed by atoms with Crippen molar-refractivity contribution in [2.45, 2.75) is 19.8 Å². The minimum absolute atomic E-state index is 0.113. The first-order chi connectivity index (χ1) is 15.2. The van der Waals surface area contributed by atoms with Gasteiger partial charge in [0.25, 0.3) is 5.91 Å². The van der Waals surface area contributed by atoms with Crippen LogP contribution < -0.4 is 5.32 Å². The Bertz CT molecular complexity index is 1210. The summed E-state index contributed by atoms with van der Waals surface area (Å²) in [7, 11) is 0. The van der Waals surface area contributed by atoms with Crippen molar-refractivity contribution in [1.82, 2.24) is 25.3 Å². The monoisotopic (exact) mass is 409 g/mol. The number of aromatic amines is 1. The molecule has 0 unspecified atom stereocenters. The minimum atomic E-state index is -0.113. The number of amides is 1. The van der Waals surface area contributed by atoms with Gasteiger partial charge >= 0.3 is 0 Å². The summed E-state index contributed by atoms with van der Waals surface area (Å²) < 4.78 is 1.76. The van der Waals surface area contributed by atoms with Crippen LogP contribution in [0.1, 0.15) is 39.0 Å². The third-order valence-corrected chi connectivity index (χ3v) is 4.85. The summed E-state index contributed by atoms with van der Waals surface area (Å²) in [5.41, 5.74) is 5.38. The Morgan fingerprint density at radius 1 is 1.16 bits per heavy atom. The van der Waals surface area contributed by atoms with Gasteiger partial charge in [-0.1, -0.05) is 24.0 Å². The van der Waals surface area contributed by atoms with Crippen LogP contribution in [0.4, 0.5) is 0 Å². The quantitative estimate of drug-likeness (QED) is 0.377. The molecule has 154 valence electrons. The molecule has 0 bridgehead atoms. The molecule has 0 aliphatic heterocycles. The van der Waals surface area contributed by atoms with E-state index in [2.05, 4.69) is 32.5 Å². The summed E-state index contributed by atoms with van der Waals surface area (Å²) in [5, 5.41) is 14.0. The number of nitrogens with zero attached hydrogens (tertiary/aromatic N) is 3. The molecule has 0 saturated heterocycles. The van der Waals surface area contributed by atoms with Crippen LogP contribution in [0, 0.1) is 18.8 Å². The average molecular weight is 409 g/mol. The Labute approximate surface area is 181 Å². The van der Waals surface area contributed by atoms with Gasteiger partial charge in [-0.15, -0.1) is 0 Å². The van der Waals surface area contributed by atoms with E-state index in [1.165, 1.54) is 0 Å². The van der Waals surface area contributed by atoms with Crippen molar-refractivity contribution in [2.75, 3.05) is 6.54 Å². The molecule has 31 heavy (non-hydrogen) atoms. The number of nitrogens with one attached hydrogen (secondary N) is 2. The van der Waals surface area contributed by atoms with Crippen molar-refractivity contribution in [3.05, 3.63) is 101 Å². The van der Waals surface area contributed by atoms with Crippen molar-refractivity contribution in [1.29, 1.82) is 0 Å². The molecule has 0 spiro atoms. The molecular weight excluding hydrogens is 386 g/mol. The molecule has 0 saturated carbocycles. The summed E-state index contributed by atoms with van der Waals surface area (Å²) in [5.74, 6) is 6.32. The predicted octanol–water partition coefficient (Wildman–Crippen LogP) is 3.67. The van der Waals surface area contributed by atoms with Gasteiger partial charge in [0.2, 0.25) is 0 Å². The Morgan fingerprint density at radius 2 is 2.10 bits per heavy atom. The van der Waals surface area contributed by atoms with Gasteiger partial charge in [-0.2, -0.15) is 10.2 Å². The van der Waals surface area contributed by atoms with Crippen LogP contribution in [0.3, 0.4) is 0 Å². The lowest BCUT2D eigenvalue weighted by Gasteiger charge is -2.09. The Hall–Kier alpha value is -4.11. The highest BCUT2D eigenvalue weighted by Crippen LogP contribution is 2.16. The van der Waals surface area contributed by atoms with E-state index in [4.69, 9.17) is 0 Å². The molecule has 0 radical (unpaired) electrons. The number of rotatable bonds is 6. The van der Waals surface area contributed by atoms with Gasteiger partial charge in [-0.3, -0.25) is 9.89 Å². The Morgan fingerprint density at radius 3 is 2.87 bits per heavy atom. The standard InChI is InChI=1S/C25H23N5O/c1-19-5-2-6-20(15-19)8-9-22-16-23(10-11-24(22)30-14-4-13-29-30)25(31)26-12-3-7-21-17-27-28-18-21/h2,4-6,10-11,13-18H,3,7,12H2,1H3,(H,26,31)(H,27,28). The lowest BCUT2D eigenvalue weighted by Crippen LogP contribution is -2.25. The van der Waals surface area contributed by atoms with Gasteiger partial charge in [-0.25, -0.2) is 4.68 Å². The molecule has 0 aliphatic carbocycles.